The number of aromatic hydroxyl groups is 1. The second kappa shape index (κ2) is 8.73. The highest BCUT2D eigenvalue weighted by Crippen LogP contribution is 2.53. The monoisotopic (exact) mass is 519 g/mol. The standard InChI is InChI=1S/C21H22FN3O7.2ClH/c1-25(2)14-8-4-6-3-7-9(22)5-10(23)15(26)12(7)16(27)11(6)18(29)21(8,32)19(30)13(17(14)28)20(24)31;;/h5-6,8,14,26-27,30,32H,3-4,23H2,1-2H3,(H2,24,31);2*1H/t6?,8?,14?,21-;;/m0../s1. The third-order valence-electron chi connectivity index (χ3n) is 6.70. The zero-order valence-corrected chi connectivity index (χ0v) is 19.7. The predicted octanol–water partition coefficient (Wildman–Crippen LogP) is 0.529. The molecule has 8 N–H and O–H groups in total. The number of Topliss-reactive ketones (excluding diaryl/α,β-unsaturated/α-hetero) is 2. The molecule has 1 fully saturated rings. The van der Waals surface area contributed by atoms with Crippen molar-refractivity contribution in [2.45, 2.75) is 24.5 Å². The summed E-state index contributed by atoms with van der Waals surface area (Å²) < 4.78 is 14.6. The molecule has 3 aliphatic carbocycles. The van der Waals surface area contributed by atoms with Crippen LogP contribution in [0.25, 0.3) is 5.76 Å². The van der Waals surface area contributed by atoms with Crippen molar-refractivity contribution in [1.29, 1.82) is 0 Å². The number of phenols is 1. The molecular formula is C21H24Cl2FN3O7. The van der Waals surface area contributed by atoms with Crippen molar-refractivity contribution < 1.29 is 39.2 Å². The molecule has 0 radical (unpaired) electrons. The number of aliphatic hydroxyl groups is 3. The summed E-state index contributed by atoms with van der Waals surface area (Å²) in [5.74, 6) is -8.79. The van der Waals surface area contributed by atoms with Gasteiger partial charge in [0.05, 0.1) is 17.3 Å². The topological polar surface area (TPSA) is 187 Å². The van der Waals surface area contributed by atoms with Crippen LogP contribution in [0.4, 0.5) is 10.1 Å². The summed E-state index contributed by atoms with van der Waals surface area (Å²) >= 11 is 0. The SMILES string of the molecule is CN(C)C1C(=O)C(C(N)=O)=C(O)[C@@]2(O)C(=O)C3=C(O)c4c(O)c(N)cc(F)c4CC3CC12.Cl.Cl. The summed E-state index contributed by atoms with van der Waals surface area (Å²) in [6.45, 7) is 0. The number of hydrogen-bond donors (Lipinski definition) is 6. The van der Waals surface area contributed by atoms with E-state index in [2.05, 4.69) is 0 Å². The highest BCUT2D eigenvalue weighted by Gasteiger charge is 2.64. The number of amides is 1. The lowest BCUT2D eigenvalue weighted by molar-refractivity contribution is -0.153. The van der Waals surface area contributed by atoms with Crippen LogP contribution in [0.3, 0.4) is 0 Å². The number of fused-ring (bicyclic) bond motifs is 3. The van der Waals surface area contributed by atoms with Gasteiger partial charge in [-0.1, -0.05) is 0 Å². The van der Waals surface area contributed by atoms with E-state index in [1.807, 2.05) is 0 Å². The Hall–Kier alpha value is -2.86. The first-order valence-electron chi connectivity index (χ1n) is 9.78. The maximum absolute atomic E-state index is 14.6. The smallest absolute Gasteiger partial charge is 0.255 e. The minimum atomic E-state index is -2.74. The maximum Gasteiger partial charge on any atom is 0.255 e. The first-order valence-corrected chi connectivity index (χ1v) is 9.78. The quantitative estimate of drug-likeness (QED) is 0.184. The van der Waals surface area contributed by atoms with Crippen LogP contribution in [0, 0.1) is 17.7 Å². The number of phenolic OH excluding ortho intramolecular Hbond substituents is 1. The number of halogens is 3. The summed E-state index contributed by atoms with van der Waals surface area (Å²) in [7, 11) is 2.99. The molecule has 1 saturated carbocycles. The van der Waals surface area contributed by atoms with Crippen molar-refractivity contribution in [3.05, 3.63) is 39.9 Å². The molecule has 3 aliphatic rings. The van der Waals surface area contributed by atoms with E-state index in [9.17, 15) is 39.2 Å². The number of nitrogen functional groups attached to an aromatic ring is 1. The lowest BCUT2D eigenvalue weighted by atomic mass is 9.57. The molecular weight excluding hydrogens is 496 g/mol. The molecule has 10 nitrogen and oxygen atoms in total. The Labute approximate surface area is 205 Å². The predicted molar refractivity (Wildman–Crippen MR) is 123 cm³/mol. The normalized spacial score (nSPS) is 28.0. The van der Waals surface area contributed by atoms with Gasteiger partial charge in [-0.3, -0.25) is 19.3 Å². The second-order valence-electron chi connectivity index (χ2n) is 8.61. The van der Waals surface area contributed by atoms with Crippen LogP contribution in [-0.2, 0) is 20.8 Å². The number of anilines is 1. The highest BCUT2D eigenvalue weighted by molar-refractivity contribution is 6.24. The number of nitrogens with two attached hydrogens (primary N) is 2. The van der Waals surface area contributed by atoms with E-state index in [0.717, 1.165) is 6.07 Å². The summed E-state index contributed by atoms with van der Waals surface area (Å²) in [5.41, 5.74) is 6.02. The zero-order chi connectivity index (χ0) is 23.9. The van der Waals surface area contributed by atoms with Crippen molar-refractivity contribution in [1.82, 2.24) is 4.90 Å². The van der Waals surface area contributed by atoms with Crippen molar-refractivity contribution in [2.24, 2.45) is 17.6 Å². The highest BCUT2D eigenvalue weighted by atomic mass is 35.5. The molecule has 1 amide bonds. The Morgan fingerprint density at radius 3 is 2.32 bits per heavy atom. The molecule has 0 saturated heterocycles. The van der Waals surface area contributed by atoms with Crippen LogP contribution < -0.4 is 11.5 Å². The molecule has 3 unspecified atom stereocenters. The molecule has 186 valence electrons. The lowest BCUT2D eigenvalue weighted by Gasteiger charge is -2.50. The van der Waals surface area contributed by atoms with Crippen molar-refractivity contribution >= 4 is 53.7 Å². The number of benzene rings is 1. The molecule has 1 aromatic rings. The van der Waals surface area contributed by atoms with Crippen LogP contribution in [0.2, 0.25) is 0 Å². The van der Waals surface area contributed by atoms with Gasteiger partial charge in [-0.15, -0.1) is 24.8 Å². The van der Waals surface area contributed by atoms with Crippen molar-refractivity contribution in [2.75, 3.05) is 19.8 Å². The van der Waals surface area contributed by atoms with Crippen molar-refractivity contribution in [3.8, 4) is 5.75 Å². The first-order chi connectivity index (χ1) is 14.8. The average Bonchev–Trinajstić information content (AvgIpc) is 2.68. The minimum absolute atomic E-state index is 0. The maximum atomic E-state index is 14.6. The van der Waals surface area contributed by atoms with Gasteiger partial charge in [-0.25, -0.2) is 4.39 Å². The van der Waals surface area contributed by atoms with E-state index in [-0.39, 0.29) is 60.0 Å². The molecule has 0 bridgehead atoms. The van der Waals surface area contributed by atoms with Gasteiger partial charge in [-0.05, 0) is 32.9 Å². The summed E-state index contributed by atoms with van der Waals surface area (Å²) in [6.07, 6.45) is -0.245. The molecule has 0 aliphatic heterocycles. The van der Waals surface area contributed by atoms with Crippen LogP contribution in [-0.4, -0.2) is 68.5 Å². The van der Waals surface area contributed by atoms with Gasteiger partial charge >= 0.3 is 0 Å². The van der Waals surface area contributed by atoms with E-state index in [0.29, 0.717) is 0 Å². The Bertz CT molecular complexity index is 1180. The van der Waals surface area contributed by atoms with Crippen LogP contribution in [0.15, 0.2) is 23.0 Å². The van der Waals surface area contributed by atoms with Gasteiger partial charge in [0.1, 0.15) is 28.7 Å². The van der Waals surface area contributed by atoms with Gasteiger partial charge < -0.3 is 31.9 Å². The van der Waals surface area contributed by atoms with E-state index in [1.165, 1.54) is 19.0 Å². The van der Waals surface area contributed by atoms with E-state index >= 15 is 0 Å². The van der Waals surface area contributed by atoms with E-state index < -0.39 is 69.6 Å². The number of hydrogen-bond acceptors (Lipinski definition) is 9. The van der Waals surface area contributed by atoms with Crippen molar-refractivity contribution in [3.63, 3.8) is 0 Å². The fourth-order valence-corrected chi connectivity index (χ4v) is 5.29. The second-order valence-corrected chi connectivity index (χ2v) is 8.61. The Morgan fingerprint density at radius 2 is 1.79 bits per heavy atom. The fraction of sp³-hybridized carbons (Fsp3) is 0.381. The number of nitrogens with zero attached hydrogens (tertiary/aromatic N) is 1. The minimum Gasteiger partial charge on any atom is -0.508 e. The molecule has 0 aromatic heterocycles. The van der Waals surface area contributed by atoms with Gasteiger partial charge in [-0.2, -0.15) is 0 Å². The zero-order valence-electron chi connectivity index (χ0n) is 18.0. The molecule has 13 heteroatoms. The first kappa shape index (κ1) is 27.4. The molecule has 1 aromatic carbocycles. The van der Waals surface area contributed by atoms with E-state index in [1.54, 1.807) is 0 Å². The van der Waals surface area contributed by atoms with Gasteiger partial charge in [0.2, 0.25) is 5.78 Å². The number of aliphatic hydroxyl groups excluding tert-OH is 2. The van der Waals surface area contributed by atoms with Crippen LogP contribution in [0.1, 0.15) is 17.5 Å². The Kier molecular flexibility index (Phi) is 7.03. The van der Waals surface area contributed by atoms with E-state index in [4.69, 9.17) is 11.5 Å². The third kappa shape index (κ3) is 3.34. The van der Waals surface area contributed by atoms with Crippen LogP contribution in [0.5, 0.6) is 5.75 Å². The molecule has 4 rings (SSSR count). The average molecular weight is 520 g/mol. The number of carbonyl (C=O) groups is 3. The number of carbonyl (C=O) groups excluding carboxylic acids is 3. The third-order valence-corrected chi connectivity index (χ3v) is 6.70. The number of ketones is 2. The fourth-order valence-electron chi connectivity index (χ4n) is 5.29. The summed E-state index contributed by atoms with van der Waals surface area (Å²) in [4.78, 5) is 39.7. The van der Waals surface area contributed by atoms with Gasteiger partial charge in [0.15, 0.2) is 11.4 Å². The molecule has 0 heterocycles. The number of rotatable bonds is 2. The largest absolute Gasteiger partial charge is 0.508 e. The summed E-state index contributed by atoms with van der Waals surface area (Å²) in [6, 6.07) is -0.300. The number of likely N-dealkylation sites (N-methyl/N-ethyl adjacent to an activating group) is 1. The molecule has 4 atom stereocenters. The van der Waals surface area contributed by atoms with Gasteiger partial charge in [0.25, 0.3) is 5.91 Å². The number of primary amides is 1. The Morgan fingerprint density at radius 1 is 1.21 bits per heavy atom. The summed E-state index contributed by atoms with van der Waals surface area (Å²) in [5, 5.41) is 43.2. The molecule has 34 heavy (non-hydrogen) atoms. The Balaban J connectivity index is 0.00000204. The van der Waals surface area contributed by atoms with Crippen LogP contribution >= 0.6 is 24.8 Å². The van der Waals surface area contributed by atoms with Gasteiger partial charge in [0, 0.05) is 23.1 Å². The molecule has 0 spiro atoms. The lowest BCUT2D eigenvalue weighted by Crippen LogP contribution is -2.65.